The Balaban J connectivity index is 1.89. The topological polar surface area (TPSA) is 3.24 Å². The van der Waals surface area contributed by atoms with E-state index in [1.807, 2.05) is 11.9 Å². The second-order valence-corrected chi connectivity index (χ2v) is 3.67. The summed E-state index contributed by atoms with van der Waals surface area (Å²) in [4.78, 5) is 0. The van der Waals surface area contributed by atoms with Gasteiger partial charge >= 0.3 is 0 Å². The van der Waals surface area contributed by atoms with Crippen LogP contribution in [0.5, 0.6) is 0 Å². The van der Waals surface area contributed by atoms with Crippen LogP contribution in [0.15, 0.2) is 0 Å². The highest BCUT2D eigenvalue weighted by atomic mass is 32.2. The Morgan fingerprint density at radius 2 is 2.00 bits per heavy atom. The monoisotopic (exact) mass is 129 g/mol. The fraction of sp³-hybridized carbons (Fsp3) is 1.00. The van der Waals surface area contributed by atoms with E-state index in [2.05, 4.69) is 10.6 Å². The molecule has 0 aromatic carbocycles. The lowest BCUT2D eigenvalue weighted by atomic mass is 10.4. The van der Waals surface area contributed by atoms with E-state index >= 15 is 0 Å². The minimum Gasteiger partial charge on any atom is -0.250 e. The van der Waals surface area contributed by atoms with E-state index in [1.54, 1.807) is 0 Å². The standard InChI is InChI=1S/C6H11NS/c1-8-7-3-5-2-6(5)4-7/h5-6H,2-4H2,1H3. The van der Waals surface area contributed by atoms with Gasteiger partial charge in [-0.2, -0.15) is 0 Å². The van der Waals surface area contributed by atoms with Crippen molar-refractivity contribution in [2.75, 3.05) is 19.3 Å². The Morgan fingerprint density at radius 1 is 1.38 bits per heavy atom. The molecule has 0 amide bonds. The van der Waals surface area contributed by atoms with Crippen molar-refractivity contribution in [3.63, 3.8) is 0 Å². The Kier molecular flexibility index (Phi) is 1.05. The lowest BCUT2D eigenvalue weighted by Gasteiger charge is -2.11. The molecule has 2 aliphatic rings. The molecule has 1 aliphatic heterocycles. The highest BCUT2D eigenvalue weighted by Gasteiger charge is 2.44. The normalized spacial score (nSPS) is 44.6. The Bertz CT molecular complexity index is 94.7. The molecule has 2 rings (SSSR count). The van der Waals surface area contributed by atoms with Crippen LogP contribution in [0.25, 0.3) is 0 Å². The van der Waals surface area contributed by atoms with Gasteiger partial charge < -0.3 is 0 Å². The number of hydrogen-bond donors (Lipinski definition) is 0. The third-order valence-electron chi connectivity index (χ3n) is 2.20. The largest absolute Gasteiger partial charge is 0.250 e. The first-order chi connectivity index (χ1) is 3.90. The van der Waals surface area contributed by atoms with Crippen LogP contribution >= 0.6 is 11.9 Å². The van der Waals surface area contributed by atoms with Gasteiger partial charge in [0.1, 0.15) is 0 Å². The average molecular weight is 129 g/mol. The van der Waals surface area contributed by atoms with Gasteiger partial charge in [0.25, 0.3) is 0 Å². The van der Waals surface area contributed by atoms with Crippen LogP contribution in [0, 0.1) is 11.8 Å². The number of hydrogen-bond acceptors (Lipinski definition) is 2. The van der Waals surface area contributed by atoms with Crippen molar-refractivity contribution in [2.24, 2.45) is 11.8 Å². The summed E-state index contributed by atoms with van der Waals surface area (Å²) < 4.78 is 2.47. The number of fused-ring (bicyclic) bond motifs is 1. The molecule has 0 spiro atoms. The molecule has 0 N–H and O–H groups in total. The van der Waals surface area contributed by atoms with Crippen LogP contribution in [0.2, 0.25) is 0 Å². The molecule has 2 atom stereocenters. The van der Waals surface area contributed by atoms with Crippen molar-refractivity contribution in [1.29, 1.82) is 0 Å². The fourth-order valence-corrected chi connectivity index (χ4v) is 2.19. The van der Waals surface area contributed by atoms with E-state index in [-0.39, 0.29) is 0 Å². The predicted octanol–water partition coefficient (Wildman–Crippen LogP) is 1.22. The Morgan fingerprint density at radius 3 is 2.38 bits per heavy atom. The van der Waals surface area contributed by atoms with Crippen LogP contribution in [0.3, 0.4) is 0 Å². The van der Waals surface area contributed by atoms with E-state index < -0.39 is 0 Å². The SMILES string of the molecule is CSN1CC2CC2C1. The van der Waals surface area contributed by atoms with Crippen molar-refractivity contribution in [3.05, 3.63) is 0 Å². The third kappa shape index (κ3) is 0.669. The number of piperidine rings is 1. The van der Waals surface area contributed by atoms with Gasteiger partial charge in [0.2, 0.25) is 0 Å². The smallest absolute Gasteiger partial charge is 0.0121 e. The van der Waals surface area contributed by atoms with Gasteiger partial charge in [0, 0.05) is 13.1 Å². The molecule has 46 valence electrons. The zero-order valence-corrected chi connectivity index (χ0v) is 5.95. The van der Waals surface area contributed by atoms with Crippen molar-refractivity contribution < 1.29 is 0 Å². The van der Waals surface area contributed by atoms with Crippen molar-refractivity contribution in [2.45, 2.75) is 6.42 Å². The zero-order chi connectivity index (χ0) is 5.56. The van der Waals surface area contributed by atoms with Gasteiger partial charge in [0.15, 0.2) is 0 Å². The first-order valence-electron chi connectivity index (χ1n) is 3.19. The first kappa shape index (κ1) is 5.12. The third-order valence-corrected chi connectivity index (χ3v) is 3.02. The molecular weight excluding hydrogens is 118 g/mol. The predicted molar refractivity (Wildman–Crippen MR) is 36.7 cm³/mol. The number of nitrogens with zero attached hydrogens (tertiary/aromatic N) is 1. The highest BCUT2D eigenvalue weighted by Crippen LogP contribution is 2.46. The maximum absolute atomic E-state index is 2.47. The maximum Gasteiger partial charge on any atom is 0.0121 e. The minimum absolute atomic E-state index is 1.10. The fourth-order valence-electron chi connectivity index (χ4n) is 1.50. The molecule has 1 saturated carbocycles. The summed E-state index contributed by atoms with van der Waals surface area (Å²) in [5, 5.41) is 0. The molecule has 0 aromatic rings. The molecular formula is C6H11NS. The molecule has 2 fully saturated rings. The molecule has 2 unspecified atom stereocenters. The Hall–Kier alpha value is 0.310. The van der Waals surface area contributed by atoms with Crippen molar-refractivity contribution in [1.82, 2.24) is 4.31 Å². The van der Waals surface area contributed by atoms with Gasteiger partial charge in [-0.1, -0.05) is 11.9 Å². The lowest BCUT2D eigenvalue weighted by molar-refractivity contribution is 0.519. The molecule has 1 heterocycles. The number of rotatable bonds is 1. The van der Waals surface area contributed by atoms with E-state index in [4.69, 9.17) is 0 Å². The first-order valence-corrected chi connectivity index (χ1v) is 4.37. The summed E-state index contributed by atoms with van der Waals surface area (Å²) in [5.74, 6) is 2.20. The summed E-state index contributed by atoms with van der Waals surface area (Å²) in [6.45, 7) is 2.73. The zero-order valence-electron chi connectivity index (χ0n) is 5.13. The van der Waals surface area contributed by atoms with Gasteiger partial charge in [-0.25, -0.2) is 0 Å². The summed E-state index contributed by atoms with van der Waals surface area (Å²) in [6.07, 6.45) is 3.70. The maximum atomic E-state index is 2.47. The van der Waals surface area contributed by atoms with Crippen LogP contribution < -0.4 is 0 Å². The molecule has 1 nitrogen and oxygen atoms in total. The summed E-state index contributed by atoms with van der Waals surface area (Å²) >= 11 is 1.90. The van der Waals surface area contributed by atoms with E-state index in [0.717, 1.165) is 11.8 Å². The van der Waals surface area contributed by atoms with E-state index in [1.165, 1.54) is 19.5 Å². The quantitative estimate of drug-likeness (QED) is 0.490. The summed E-state index contributed by atoms with van der Waals surface area (Å²) in [6, 6.07) is 0. The molecule has 0 radical (unpaired) electrons. The molecule has 1 aliphatic carbocycles. The van der Waals surface area contributed by atoms with Gasteiger partial charge in [-0.3, -0.25) is 4.31 Å². The Labute approximate surface area is 54.6 Å². The average Bonchev–Trinajstić information content (AvgIpc) is 2.40. The minimum atomic E-state index is 1.10. The second-order valence-electron chi connectivity index (χ2n) is 2.79. The lowest BCUT2D eigenvalue weighted by Crippen LogP contribution is -2.12. The summed E-state index contributed by atoms with van der Waals surface area (Å²) in [7, 11) is 0. The molecule has 8 heavy (non-hydrogen) atoms. The van der Waals surface area contributed by atoms with Crippen molar-refractivity contribution >= 4 is 11.9 Å². The summed E-state index contributed by atoms with van der Waals surface area (Å²) in [5.41, 5.74) is 0. The highest BCUT2D eigenvalue weighted by molar-refractivity contribution is 7.96. The molecule has 1 saturated heterocycles. The van der Waals surface area contributed by atoms with Gasteiger partial charge in [0.05, 0.1) is 0 Å². The van der Waals surface area contributed by atoms with Crippen LogP contribution in [-0.4, -0.2) is 23.7 Å². The van der Waals surface area contributed by atoms with E-state index in [0.29, 0.717) is 0 Å². The van der Waals surface area contributed by atoms with Crippen LogP contribution in [-0.2, 0) is 0 Å². The van der Waals surface area contributed by atoms with Gasteiger partial charge in [-0.05, 0) is 24.5 Å². The molecule has 0 aromatic heterocycles. The van der Waals surface area contributed by atoms with Crippen LogP contribution in [0.4, 0.5) is 0 Å². The van der Waals surface area contributed by atoms with Gasteiger partial charge in [-0.15, -0.1) is 0 Å². The van der Waals surface area contributed by atoms with E-state index in [9.17, 15) is 0 Å². The van der Waals surface area contributed by atoms with Crippen molar-refractivity contribution in [3.8, 4) is 0 Å². The second kappa shape index (κ2) is 1.64. The molecule has 2 heteroatoms. The molecule has 0 bridgehead atoms. The van der Waals surface area contributed by atoms with Crippen LogP contribution in [0.1, 0.15) is 6.42 Å².